The number of halogens is 1. The van der Waals surface area contributed by atoms with E-state index in [2.05, 4.69) is 31.1 Å². The molecular formula is C17H27ClN2. The van der Waals surface area contributed by atoms with Gasteiger partial charge in [0.1, 0.15) is 0 Å². The quantitative estimate of drug-likeness (QED) is 0.840. The van der Waals surface area contributed by atoms with Crippen LogP contribution in [0.2, 0.25) is 5.02 Å². The van der Waals surface area contributed by atoms with E-state index < -0.39 is 0 Å². The summed E-state index contributed by atoms with van der Waals surface area (Å²) in [7, 11) is 0. The highest BCUT2D eigenvalue weighted by atomic mass is 35.5. The summed E-state index contributed by atoms with van der Waals surface area (Å²) in [6.07, 6.45) is 6.90. The van der Waals surface area contributed by atoms with Crippen LogP contribution in [0.4, 0.5) is 0 Å². The Morgan fingerprint density at radius 3 is 2.60 bits per heavy atom. The number of aromatic nitrogens is 1. The van der Waals surface area contributed by atoms with E-state index in [-0.39, 0.29) is 0 Å². The molecule has 1 aliphatic rings. The molecule has 2 rings (SSSR count). The second kappa shape index (κ2) is 7.42. The van der Waals surface area contributed by atoms with Gasteiger partial charge in [-0.1, -0.05) is 32.4 Å². The highest BCUT2D eigenvalue weighted by molar-refractivity contribution is 6.31. The zero-order valence-electron chi connectivity index (χ0n) is 12.9. The van der Waals surface area contributed by atoms with Crippen molar-refractivity contribution in [3.05, 3.63) is 29.0 Å². The van der Waals surface area contributed by atoms with Crippen LogP contribution in [0, 0.1) is 17.8 Å². The van der Waals surface area contributed by atoms with Crippen LogP contribution in [0.3, 0.4) is 0 Å². The summed E-state index contributed by atoms with van der Waals surface area (Å²) < 4.78 is 0. The summed E-state index contributed by atoms with van der Waals surface area (Å²) in [5, 5.41) is 4.49. The second-order valence-corrected chi connectivity index (χ2v) is 6.89. The topological polar surface area (TPSA) is 24.9 Å². The molecule has 1 heterocycles. The molecule has 1 N–H and O–H groups in total. The Morgan fingerprint density at radius 1 is 1.30 bits per heavy atom. The van der Waals surface area contributed by atoms with Crippen LogP contribution in [0.1, 0.15) is 58.2 Å². The van der Waals surface area contributed by atoms with Crippen LogP contribution < -0.4 is 5.32 Å². The number of pyridine rings is 1. The molecule has 2 nitrogen and oxygen atoms in total. The van der Waals surface area contributed by atoms with Gasteiger partial charge in [0, 0.05) is 6.20 Å². The molecule has 1 aliphatic carbocycles. The Morgan fingerprint density at radius 2 is 2.00 bits per heavy atom. The molecule has 1 aromatic rings. The number of hydrogen-bond donors (Lipinski definition) is 1. The Balaban J connectivity index is 2.20. The van der Waals surface area contributed by atoms with Crippen LogP contribution >= 0.6 is 11.6 Å². The fourth-order valence-electron chi connectivity index (χ4n) is 3.69. The standard InChI is InChI=1S/C17H27ClN2/c1-4-7-19-16(17-15(18)6-5-8-20-17)14-10-12(2)9-13(3)11-14/h5-6,8,12-14,16,19H,4,7,9-11H2,1-3H3. The van der Waals surface area contributed by atoms with Crippen molar-refractivity contribution in [1.82, 2.24) is 10.3 Å². The summed E-state index contributed by atoms with van der Waals surface area (Å²) in [5.41, 5.74) is 1.04. The van der Waals surface area contributed by atoms with Crippen LogP contribution in [0.25, 0.3) is 0 Å². The monoisotopic (exact) mass is 294 g/mol. The Labute approximate surface area is 128 Å². The number of rotatable bonds is 5. The molecule has 3 unspecified atom stereocenters. The Bertz CT molecular complexity index is 411. The van der Waals surface area contributed by atoms with Crippen LogP contribution in [-0.4, -0.2) is 11.5 Å². The summed E-state index contributed by atoms with van der Waals surface area (Å²) in [5.74, 6) is 2.25. The van der Waals surface area contributed by atoms with E-state index >= 15 is 0 Å². The lowest BCUT2D eigenvalue weighted by molar-refractivity contribution is 0.174. The highest BCUT2D eigenvalue weighted by Crippen LogP contribution is 2.40. The van der Waals surface area contributed by atoms with Crippen molar-refractivity contribution in [3.63, 3.8) is 0 Å². The minimum absolute atomic E-state index is 0.300. The first-order chi connectivity index (χ1) is 9.61. The van der Waals surface area contributed by atoms with E-state index in [0.29, 0.717) is 12.0 Å². The molecule has 0 radical (unpaired) electrons. The number of nitrogens with zero attached hydrogens (tertiary/aromatic N) is 1. The summed E-state index contributed by atoms with van der Waals surface area (Å²) >= 11 is 6.39. The Hall–Kier alpha value is -0.600. The first-order valence-electron chi connectivity index (χ1n) is 7.95. The van der Waals surface area contributed by atoms with Gasteiger partial charge < -0.3 is 5.32 Å². The number of nitrogens with one attached hydrogen (secondary N) is 1. The van der Waals surface area contributed by atoms with Gasteiger partial charge in [-0.2, -0.15) is 0 Å². The maximum atomic E-state index is 6.39. The molecule has 0 aromatic carbocycles. The predicted octanol–water partition coefficient (Wildman–Crippen LogP) is 4.85. The van der Waals surface area contributed by atoms with Crippen molar-refractivity contribution in [2.45, 2.75) is 52.5 Å². The smallest absolute Gasteiger partial charge is 0.0761 e. The minimum atomic E-state index is 0.300. The van der Waals surface area contributed by atoms with Crippen LogP contribution in [0.5, 0.6) is 0 Å². The molecule has 112 valence electrons. The normalized spacial score (nSPS) is 28.3. The average Bonchev–Trinajstić information content (AvgIpc) is 2.40. The lowest BCUT2D eigenvalue weighted by Gasteiger charge is -2.37. The molecule has 1 fully saturated rings. The van der Waals surface area contributed by atoms with Gasteiger partial charge in [0.25, 0.3) is 0 Å². The first kappa shape index (κ1) is 15.8. The maximum Gasteiger partial charge on any atom is 0.0761 e. The van der Waals surface area contributed by atoms with Crippen LogP contribution in [-0.2, 0) is 0 Å². The van der Waals surface area contributed by atoms with Gasteiger partial charge in [0.05, 0.1) is 16.8 Å². The van der Waals surface area contributed by atoms with E-state index in [1.54, 1.807) is 0 Å². The maximum absolute atomic E-state index is 6.39. The summed E-state index contributed by atoms with van der Waals surface area (Å²) in [6.45, 7) is 7.98. The van der Waals surface area contributed by atoms with Crippen molar-refractivity contribution in [2.24, 2.45) is 17.8 Å². The van der Waals surface area contributed by atoms with Gasteiger partial charge in [-0.05, 0) is 62.1 Å². The zero-order valence-corrected chi connectivity index (χ0v) is 13.7. The van der Waals surface area contributed by atoms with Gasteiger partial charge in [-0.15, -0.1) is 0 Å². The van der Waals surface area contributed by atoms with Gasteiger partial charge in [0.15, 0.2) is 0 Å². The third-order valence-electron chi connectivity index (χ3n) is 4.38. The highest BCUT2D eigenvalue weighted by Gasteiger charge is 2.32. The Kier molecular flexibility index (Phi) is 5.86. The fourth-order valence-corrected chi connectivity index (χ4v) is 3.93. The summed E-state index contributed by atoms with van der Waals surface area (Å²) in [6, 6.07) is 4.17. The molecule has 20 heavy (non-hydrogen) atoms. The van der Waals surface area contributed by atoms with E-state index in [1.807, 2.05) is 18.3 Å². The van der Waals surface area contributed by atoms with E-state index in [1.165, 1.54) is 19.3 Å². The zero-order chi connectivity index (χ0) is 14.5. The van der Waals surface area contributed by atoms with Gasteiger partial charge in [-0.3, -0.25) is 4.98 Å². The third-order valence-corrected chi connectivity index (χ3v) is 4.70. The average molecular weight is 295 g/mol. The predicted molar refractivity (Wildman–Crippen MR) is 86.0 cm³/mol. The molecule has 0 spiro atoms. The first-order valence-corrected chi connectivity index (χ1v) is 8.33. The van der Waals surface area contributed by atoms with Crippen molar-refractivity contribution in [2.75, 3.05) is 6.54 Å². The van der Waals surface area contributed by atoms with E-state index in [9.17, 15) is 0 Å². The fraction of sp³-hybridized carbons (Fsp3) is 0.706. The van der Waals surface area contributed by atoms with Gasteiger partial charge >= 0.3 is 0 Å². The third kappa shape index (κ3) is 3.95. The lowest BCUT2D eigenvalue weighted by atomic mass is 9.73. The van der Waals surface area contributed by atoms with E-state index in [0.717, 1.165) is 35.5 Å². The SMILES string of the molecule is CCCNC(c1ncccc1Cl)C1CC(C)CC(C)C1. The molecule has 1 aromatic heterocycles. The van der Waals surface area contributed by atoms with Gasteiger partial charge in [0.2, 0.25) is 0 Å². The molecule has 0 aliphatic heterocycles. The largest absolute Gasteiger partial charge is 0.308 e. The second-order valence-electron chi connectivity index (χ2n) is 6.48. The van der Waals surface area contributed by atoms with E-state index in [4.69, 9.17) is 11.6 Å². The molecule has 0 saturated heterocycles. The molecule has 3 heteroatoms. The number of hydrogen-bond acceptors (Lipinski definition) is 2. The molecule has 0 bridgehead atoms. The van der Waals surface area contributed by atoms with Crippen LogP contribution in [0.15, 0.2) is 18.3 Å². The van der Waals surface area contributed by atoms with Crippen molar-refractivity contribution in [3.8, 4) is 0 Å². The molecule has 0 amide bonds. The molecular weight excluding hydrogens is 268 g/mol. The lowest BCUT2D eigenvalue weighted by Crippen LogP contribution is -2.34. The van der Waals surface area contributed by atoms with Crippen molar-refractivity contribution in [1.29, 1.82) is 0 Å². The van der Waals surface area contributed by atoms with Crippen molar-refractivity contribution < 1.29 is 0 Å². The molecule has 1 saturated carbocycles. The molecule has 3 atom stereocenters. The minimum Gasteiger partial charge on any atom is -0.308 e. The summed E-state index contributed by atoms with van der Waals surface area (Å²) in [4.78, 5) is 4.56. The van der Waals surface area contributed by atoms with Crippen molar-refractivity contribution >= 4 is 11.6 Å². The van der Waals surface area contributed by atoms with Gasteiger partial charge in [-0.25, -0.2) is 0 Å².